The Balaban J connectivity index is 1.60. The highest BCUT2D eigenvalue weighted by Crippen LogP contribution is 2.18. The number of aromatic nitrogens is 3. The van der Waals surface area contributed by atoms with Crippen LogP contribution in [0.1, 0.15) is 38.8 Å². The number of nitrogens with zero attached hydrogens (tertiary/aromatic N) is 3. The predicted molar refractivity (Wildman–Crippen MR) is 99.7 cm³/mol. The van der Waals surface area contributed by atoms with Gasteiger partial charge in [-0.05, 0) is 37.3 Å². The summed E-state index contributed by atoms with van der Waals surface area (Å²) >= 11 is 1.26. The maximum Gasteiger partial charge on any atom is 0.338 e. The number of rotatable bonds is 7. The average molecular weight is 386 g/mol. The molecule has 0 unspecified atom stereocenters. The number of hydrogen-bond acceptors (Lipinski definition) is 7. The maximum atomic E-state index is 12.2. The minimum atomic E-state index is -0.591. The number of amides is 1. The summed E-state index contributed by atoms with van der Waals surface area (Å²) in [6.45, 7) is 4.08. The Morgan fingerprint density at radius 3 is 2.78 bits per heavy atom. The molecule has 3 rings (SSSR count). The molecule has 8 nitrogen and oxygen atoms in total. The van der Waals surface area contributed by atoms with E-state index in [1.807, 2.05) is 6.92 Å². The van der Waals surface area contributed by atoms with Gasteiger partial charge in [-0.2, -0.15) is 0 Å². The van der Waals surface area contributed by atoms with Crippen molar-refractivity contribution in [2.75, 3.05) is 6.61 Å². The summed E-state index contributed by atoms with van der Waals surface area (Å²) in [5.41, 5.74) is 1.74. The van der Waals surface area contributed by atoms with Gasteiger partial charge >= 0.3 is 5.97 Å². The lowest BCUT2D eigenvalue weighted by atomic mass is 10.2. The first-order valence-electron chi connectivity index (χ1n) is 8.34. The fraction of sp³-hybridized carbons (Fsp3) is 0.278. The van der Waals surface area contributed by atoms with Gasteiger partial charge in [-0.25, -0.2) is 9.48 Å². The van der Waals surface area contributed by atoms with Gasteiger partial charge in [0.25, 0.3) is 0 Å². The molecule has 1 aromatic carbocycles. The number of ether oxygens (including phenoxy) is 1. The van der Waals surface area contributed by atoms with Crippen LogP contribution in [0.2, 0.25) is 0 Å². The molecule has 0 aliphatic rings. The molecule has 0 spiro atoms. The standard InChI is InChI=1S/C18H18N4O4S/c1-3-22-15-6-4-12(8-14(15)20-21-22)18(25)26-10-16(24)17-7-5-13(27-17)9-19-11(2)23/h4-8H,3,9-10H2,1-2H3,(H,19,23). The molecule has 140 valence electrons. The van der Waals surface area contributed by atoms with Crippen molar-refractivity contribution < 1.29 is 19.1 Å². The van der Waals surface area contributed by atoms with Crippen molar-refractivity contribution in [1.29, 1.82) is 0 Å². The van der Waals surface area contributed by atoms with Crippen LogP contribution in [0.3, 0.4) is 0 Å². The molecule has 0 radical (unpaired) electrons. The second-order valence-corrected chi connectivity index (χ2v) is 6.95. The number of benzene rings is 1. The second-order valence-electron chi connectivity index (χ2n) is 5.78. The number of Topliss-reactive ketones (excluding diaryl/α,β-unsaturated/α-hetero) is 1. The molecule has 3 aromatic rings. The Morgan fingerprint density at radius 1 is 1.22 bits per heavy atom. The molecule has 27 heavy (non-hydrogen) atoms. The lowest BCUT2D eigenvalue weighted by Gasteiger charge is -2.04. The number of fused-ring (bicyclic) bond motifs is 1. The van der Waals surface area contributed by atoms with Crippen LogP contribution in [-0.2, 0) is 22.6 Å². The second kappa shape index (κ2) is 8.09. The molecule has 9 heteroatoms. The van der Waals surface area contributed by atoms with Crippen LogP contribution < -0.4 is 5.32 Å². The molecule has 0 atom stereocenters. The molecule has 2 heterocycles. The van der Waals surface area contributed by atoms with E-state index in [2.05, 4.69) is 15.6 Å². The molecule has 0 aliphatic heterocycles. The highest BCUT2D eigenvalue weighted by atomic mass is 32.1. The monoisotopic (exact) mass is 386 g/mol. The van der Waals surface area contributed by atoms with Crippen molar-refractivity contribution in [3.8, 4) is 0 Å². The Hall–Kier alpha value is -3.07. The number of nitrogens with one attached hydrogen (secondary N) is 1. The molecule has 2 aromatic heterocycles. The van der Waals surface area contributed by atoms with Crippen molar-refractivity contribution in [3.05, 3.63) is 45.6 Å². The fourth-order valence-electron chi connectivity index (χ4n) is 2.45. The number of carbonyl (C=O) groups excluding carboxylic acids is 3. The zero-order valence-corrected chi connectivity index (χ0v) is 15.7. The third kappa shape index (κ3) is 4.37. The van der Waals surface area contributed by atoms with Gasteiger partial charge < -0.3 is 10.1 Å². The van der Waals surface area contributed by atoms with Gasteiger partial charge in [0, 0.05) is 18.3 Å². The Labute approximate surface area is 159 Å². The topological polar surface area (TPSA) is 103 Å². The largest absolute Gasteiger partial charge is 0.454 e. The molecule has 0 aliphatic carbocycles. The zero-order valence-electron chi connectivity index (χ0n) is 14.9. The van der Waals surface area contributed by atoms with Crippen LogP contribution in [0.25, 0.3) is 11.0 Å². The van der Waals surface area contributed by atoms with E-state index in [1.54, 1.807) is 35.0 Å². The fourth-order valence-corrected chi connectivity index (χ4v) is 3.32. The van der Waals surface area contributed by atoms with Gasteiger partial charge in [0.15, 0.2) is 6.61 Å². The highest BCUT2D eigenvalue weighted by molar-refractivity contribution is 7.14. The van der Waals surface area contributed by atoms with Crippen molar-refractivity contribution in [2.45, 2.75) is 26.9 Å². The third-order valence-electron chi connectivity index (χ3n) is 3.83. The summed E-state index contributed by atoms with van der Waals surface area (Å²) in [6.07, 6.45) is 0. The lowest BCUT2D eigenvalue weighted by Crippen LogP contribution is -2.18. The van der Waals surface area contributed by atoms with E-state index in [4.69, 9.17) is 4.74 Å². The van der Waals surface area contributed by atoms with Gasteiger partial charge in [0.1, 0.15) is 5.52 Å². The van der Waals surface area contributed by atoms with Gasteiger partial charge in [-0.3, -0.25) is 9.59 Å². The van der Waals surface area contributed by atoms with E-state index in [9.17, 15) is 14.4 Å². The highest BCUT2D eigenvalue weighted by Gasteiger charge is 2.15. The summed E-state index contributed by atoms with van der Waals surface area (Å²) in [5, 5.41) is 10.7. The van der Waals surface area contributed by atoms with Crippen LogP contribution in [0.15, 0.2) is 30.3 Å². The van der Waals surface area contributed by atoms with Gasteiger partial charge in [0.2, 0.25) is 11.7 Å². The summed E-state index contributed by atoms with van der Waals surface area (Å²) in [4.78, 5) is 36.7. The quantitative estimate of drug-likeness (QED) is 0.493. The molecule has 0 saturated heterocycles. The minimum Gasteiger partial charge on any atom is -0.454 e. The van der Waals surface area contributed by atoms with Crippen LogP contribution in [0.5, 0.6) is 0 Å². The van der Waals surface area contributed by atoms with Crippen molar-refractivity contribution in [2.24, 2.45) is 0 Å². The number of hydrogen-bond donors (Lipinski definition) is 1. The molecule has 0 saturated carbocycles. The average Bonchev–Trinajstić information content (AvgIpc) is 3.30. The Kier molecular flexibility index (Phi) is 5.60. The smallest absolute Gasteiger partial charge is 0.338 e. The third-order valence-corrected chi connectivity index (χ3v) is 4.96. The zero-order chi connectivity index (χ0) is 19.4. The molecular weight excluding hydrogens is 368 g/mol. The van der Waals surface area contributed by atoms with E-state index >= 15 is 0 Å². The van der Waals surface area contributed by atoms with E-state index in [-0.39, 0.29) is 18.3 Å². The lowest BCUT2D eigenvalue weighted by molar-refractivity contribution is -0.119. The van der Waals surface area contributed by atoms with E-state index in [1.165, 1.54) is 18.3 Å². The van der Waals surface area contributed by atoms with Gasteiger partial charge in [-0.15, -0.1) is 16.4 Å². The van der Waals surface area contributed by atoms with Crippen molar-refractivity contribution in [3.63, 3.8) is 0 Å². The Morgan fingerprint density at radius 2 is 2.04 bits per heavy atom. The summed E-state index contributed by atoms with van der Waals surface area (Å²) in [5.74, 6) is -1.02. The van der Waals surface area contributed by atoms with E-state index < -0.39 is 5.97 Å². The van der Waals surface area contributed by atoms with Gasteiger partial charge in [0.05, 0.1) is 22.5 Å². The van der Waals surface area contributed by atoms with Crippen LogP contribution in [0, 0.1) is 0 Å². The minimum absolute atomic E-state index is 0.138. The normalized spacial score (nSPS) is 10.7. The predicted octanol–water partition coefficient (Wildman–Crippen LogP) is 2.19. The number of carbonyl (C=O) groups is 3. The first-order chi connectivity index (χ1) is 13.0. The summed E-state index contributed by atoms with van der Waals surface area (Å²) in [6, 6.07) is 8.40. The van der Waals surface area contributed by atoms with Crippen LogP contribution >= 0.6 is 11.3 Å². The van der Waals surface area contributed by atoms with E-state index in [0.29, 0.717) is 29.0 Å². The van der Waals surface area contributed by atoms with Crippen molar-refractivity contribution in [1.82, 2.24) is 20.3 Å². The SMILES string of the molecule is CCn1nnc2cc(C(=O)OCC(=O)c3ccc(CNC(C)=O)s3)ccc21. The van der Waals surface area contributed by atoms with Crippen LogP contribution in [0.4, 0.5) is 0 Å². The molecule has 1 N–H and O–H groups in total. The summed E-state index contributed by atoms with van der Waals surface area (Å²) in [7, 11) is 0. The molecule has 0 fully saturated rings. The maximum absolute atomic E-state index is 12.2. The molecule has 1 amide bonds. The number of thiophene rings is 1. The number of ketones is 1. The number of aryl methyl sites for hydroxylation is 1. The first kappa shape index (κ1) is 18.7. The summed E-state index contributed by atoms with van der Waals surface area (Å²) < 4.78 is 6.85. The van der Waals surface area contributed by atoms with Crippen LogP contribution in [-0.4, -0.2) is 39.3 Å². The van der Waals surface area contributed by atoms with Gasteiger partial charge in [-0.1, -0.05) is 5.21 Å². The van der Waals surface area contributed by atoms with Crippen molar-refractivity contribution >= 4 is 40.0 Å². The molecule has 0 bridgehead atoms. The molecular formula is C18H18N4O4S. The van der Waals surface area contributed by atoms with E-state index in [0.717, 1.165) is 10.4 Å². The first-order valence-corrected chi connectivity index (χ1v) is 9.16. The Bertz CT molecular complexity index is 1010. The number of esters is 1.